The highest BCUT2D eigenvalue weighted by Crippen LogP contribution is 2.30. The number of aromatic nitrogens is 1. The normalized spacial score (nSPS) is 10.6. The summed E-state index contributed by atoms with van der Waals surface area (Å²) in [5, 5.41) is 8.89. The first-order valence-electron chi connectivity index (χ1n) is 8.06. The molecule has 1 amide bonds. The van der Waals surface area contributed by atoms with Crippen LogP contribution >= 0.6 is 0 Å². The molecule has 0 spiro atoms. The van der Waals surface area contributed by atoms with Crippen molar-refractivity contribution in [1.82, 2.24) is 9.88 Å². The van der Waals surface area contributed by atoms with Gasteiger partial charge in [0.1, 0.15) is 5.75 Å². The summed E-state index contributed by atoms with van der Waals surface area (Å²) >= 11 is 0. The Hall–Kier alpha value is -2.89. The third kappa shape index (κ3) is 4.56. The number of hydrogen-bond donors (Lipinski definition) is 1. The lowest BCUT2D eigenvalue weighted by molar-refractivity contribution is -0.137. The fourth-order valence-corrected chi connectivity index (χ4v) is 2.54. The van der Waals surface area contributed by atoms with E-state index in [0.29, 0.717) is 17.0 Å². The zero-order chi connectivity index (χ0) is 18.4. The van der Waals surface area contributed by atoms with Gasteiger partial charge in [0.15, 0.2) is 0 Å². The van der Waals surface area contributed by atoms with E-state index in [1.54, 1.807) is 36.4 Å². The smallest absolute Gasteiger partial charge is 0.305 e. The number of rotatable bonds is 7. The van der Waals surface area contributed by atoms with Crippen molar-refractivity contribution < 1.29 is 19.4 Å². The molecule has 2 rings (SSSR count). The number of aliphatic carboxylic acids is 1. The van der Waals surface area contributed by atoms with Gasteiger partial charge in [-0.15, -0.1) is 0 Å². The summed E-state index contributed by atoms with van der Waals surface area (Å²) in [6, 6.07) is 10.6. The molecule has 6 heteroatoms. The van der Waals surface area contributed by atoms with Crippen molar-refractivity contribution in [2.45, 2.75) is 26.3 Å². The molecule has 0 bridgehead atoms. The van der Waals surface area contributed by atoms with Crippen LogP contribution in [-0.2, 0) is 4.79 Å². The fourth-order valence-electron chi connectivity index (χ4n) is 2.54. The maximum absolute atomic E-state index is 12.9. The van der Waals surface area contributed by atoms with Crippen LogP contribution in [0.4, 0.5) is 0 Å². The molecular weight excluding hydrogens is 320 g/mol. The third-order valence-electron chi connectivity index (χ3n) is 3.84. The molecule has 0 saturated heterocycles. The molecule has 1 aromatic carbocycles. The molecule has 0 atom stereocenters. The molecule has 1 N–H and O–H groups in total. The number of carboxylic acids is 1. The molecule has 0 fully saturated rings. The summed E-state index contributed by atoms with van der Waals surface area (Å²) in [4.78, 5) is 29.6. The summed E-state index contributed by atoms with van der Waals surface area (Å²) in [6.45, 7) is 3.89. The lowest BCUT2D eigenvalue weighted by atomic mass is 10.0. The zero-order valence-electron chi connectivity index (χ0n) is 14.6. The van der Waals surface area contributed by atoms with E-state index in [-0.39, 0.29) is 24.9 Å². The van der Waals surface area contributed by atoms with Crippen LogP contribution in [-0.4, -0.2) is 46.6 Å². The van der Waals surface area contributed by atoms with Crippen molar-refractivity contribution >= 4 is 11.9 Å². The number of benzene rings is 1. The second-order valence-electron chi connectivity index (χ2n) is 5.87. The molecule has 1 aromatic heterocycles. The van der Waals surface area contributed by atoms with Gasteiger partial charge in [-0.2, -0.15) is 0 Å². The topological polar surface area (TPSA) is 79.7 Å². The maximum Gasteiger partial charge on any atom is 0.305 e. The number of pyridine rings is 1. The Kier molecular flexibility index (Phi) is 6.11. The first kappa shape index (κ1) is 18.4. The van der Waals surface area contributed by atoms with Crippen molar-refractivity contribution in [3.05, 3.63) is 48.2 Å². The average molecular weight is 342 g/mol. The molecule has 2 aromatic rings. The van der Waals surface area contributed by atoms with E-state index in [4.69, 9.17) is 9.84 Å². The second kappa shape index (κ2) is 8.28. The maximum atomic E-state index is 12.9. The van der Waals surface area contributed by atoms with Gasteiger partial charge in [0.25, 0.3) is 5.91 Å². The predicted octanol–water partition coefficient (Wildman–Crippen LogP) is 3.08. The predicted molar refractivity (Wildman–Crippen MR) is 94.7 cm³/mol. The SMILES string of the molecule is COc1ccc(C(=O)N(CCC(=O)O)C(C)C)cc1-c1ccccn1. The van der Waals surface area contributed by atoms with E-state index in [0.717, 1.165) is 5.56 Å². The molecule has 0 radical (unpaired) electrons. The van der Waals surface area contributed by atoms with E-state index in [1.807, 2.05) is 32.0 Å². The Morgan fingerprint density at radius 1 is 1.24 bits per heavy atom. The molecule has 0 aliphatic carbocycles. The van der Waals surface area contributed by atoms with Crippen LogP contribution in [0.25, 0.3) is 11.3 Å². The minimum Gasteiger partial charge on any atom is -0.496 e. The van der Waals surface area contributed by atoms with Gasteiger partial charge in [0, 0.05) is 29.9 Å². The molecule has 6 nitrogen and oxygen atoms in total. The number of methoxy groups -OCH3 is 1. The molecule has 132 valence electrons. The number of hydrogen-bond acceptors (Lipinski definition) is 4. The molecule has 0 saturated carbocycles. The minimum absolute atomic E-state index is 0.0901. The summed E-state index contributed by atoms with van der Waals surface area (Å²) in [5.41, 5.74) is 1.90. The van der Waals surface area contributed by atoms with E-state index in [1.165, 1.54) is 0 Å². The van der Waals surface area contributed by atoms with E-state index in [9.17, 15) is 9.59 Å². The summed E-state index contributed by atoms with van der Waals surface area (Å²) in [5.74, 6) is -0.518. The fraction of sp³-hybridized carbons (Fsp3) is 0.316. The van der Waals surface area contributed by atoms with Gasteiger partial charge in [0.05, 0.1) is 19.2 Å². The second-order valence-corrected chi connectivity index (χ2v) is 5.87. The van der Waals surface area contributed by atoms with Crippen LogP contribution in [0.5, 0.6) is 5.75 Å². The first-order chi connectivity index (χ1) is 11.9. The molecule has 0 aliphatic rings. The summed E-state index contributed by atoms with van der Waals surface area (Å²) < 4.78 is 5.38. The molecular formula is C19H22N2O4. The molecule has 25 heavy (non-hydrogen) atoms. The average Bonchev–Trinajstić information content (AvgIpc) is 2.61. The Morgan fingerprint density at radius 3 is 2.56 bits per heavy atom. The lowest BCUT2D eigenvalue weighted by Gasteiger charge is -2.26. The molecule has 1 heterocycles. The van der Waals surface area contributed by atoms with Gasteiger partial charge < -0.3 is 14.7 Å². The van der Waals surface area contributed by atoms with Gasteiger partial charge in [0.2, 0.25) is 0 Å². The van der Waals surface area contributed by atoms with Gasteiger partial charge in [-0.05, 0) is 44.2 Å². The van der Waals surface area contributed by atoms with Crippen LogP contribution < -0.4 is 4.74 Å². The monoisotopic (exact) mass is 342 g/mol. The van der Waals surface area contributed by atoms with Crippen molar-refractivity contribution in [3.8, 4) is 17.0 Å². The van der Waals surface area contributed by atoms with Crippen molar-refractivity contribution in [2.75, 3.05) is 13.7 Å². The largest absolute Gasteiger partial charge is 0.496 e. The molecule has 0 unspecified atom stereocenters. The third-order valence-corrected chi connectivity index (χ3v) is 3.84. The van der Waals surface area contributed by atoms with E-state index in [2.05, 4.69) is 4.98 Å². The minimum atomic E-state index is -0.928. The highest BCUT2D eigenvalue weighted by atomic mass is 16.5. The van der Waals surface area contributed by atoms with Crippen LogP contribution in [0.2, 0.25) is 0 Å². The number of ether oxygens (including phenoxy) is 1. The van der Waals surface area contributed by atoms with Gasteiger partial charge >= 0.3 is 5.97 Å². The zero-order valence-corrected chi connectivity index (χ0v) is 14.6. The molecule has 0 aliphatic heterocycles. The summed E-state index contributed by atoms with van der Waals surface area (Å²) in [7, 11) is 1.57. The summed E-state index contributed by atoms with van der Waals surface area (Å²) in [6.07, 6.45) is 1.59. The van der Waals surface area contributed by atoms with Gasteiger partial charge in [-0.25, -0.2) is 0 Å². The van der Waals surface area contributed by atoms with E-state index < -0.39 is 5.97 Å². The standard InChI is InChI=1S/C19H22N2O4/c1-13(2)21(11-9-18(22)23)19(24)14-7-8-17(25-3)15(12-14)16-6-4-5-10-20-16/h4-8,10,12-13H,9,11H2,1-3H3,(H,22,23). The Morgan fingerprint density at radius 2 is 2.00 bits per heavy atom. The Balaban J connectivity index is 2.38. The van der Waals surface area contributed by atoms with Crippen molar-refractivity contribution in [2.24, 2.45) is 0 Å². The number of nitrogens with zero attached hydrogens (tertiary/aromatic N) is 2. The van der Waals surface area contributed by atoms with Crippen LogP contribution in [0.3, 0.4) is 0 Å². The van der Waals surface area contributed by atoms with Crippen molar-refractivity contribution in [1.29, 1.82) is 0 Å². The lowest BCUT2D eigenvalue weighted by Crippen LogP contribution is -2.38. The van der Waals surface area contributed by atoms with Crippen molar-refractivity contribution in [3.63, 3.8) is 0 Å². The number of carbonyl (C=O) groups is 2. The Labute approximate surface area is 147 Å². The quantitative estimate of drug-likeness (QED) is 0.836. The number of carboxylic acid groups (broad SMARTS) is 1. The highest BCUT2D eigenvalue weighted by molar-refractivity contribution is 5.96. The van der Waals surface area contributed by atoms with Crippen LogP contribution in [0, 0.1) is 0 Å². The van der Waals surface area contributed by atoms with Crippen LogP contribution in [0.15, 0.2) is 42.6 Å². The number of carbonyl (C=O) groups excluding carboxylic acids is 1. The Bertz CT molecular complexity index is 744. The van der Waals surface area contributed by atoms with Gasteiger partial charge in [-0.3, -0.25) is 14.6 Å². The van der Waals surface area contributed by atoms with Gasteiger partial charge in [-0.1, -0.05) is 6.07 Å². The van der Waals surface area contributed by atoms with E-state index >= 15 is 0 Å². The highest BCUT2D eigenvalue weighted by Gasteiger charge is 2.21. The van der Waals surface area contributed by atoms with Crippen LogP contribution in [0.1, 0.15) is 30.6 Å². The first-order valence-corrected chi connectivity index (χ1v) is 8.06. The number of amides is 1.